The van der Waals surface area contributed by atoms with E-state index in [1.54, 1.807) is 12.1 Å². The fraction of sp³-hybridized carbons (Fsp3) is 0.364. The predicted octanol–water partition coefficient (Wildman–Crippen LogP) is 5.33. The van der Waals surface area contributed by atoms with Gasteiger partial charge in [-0.05, 0) is 50.9 Å². The normalized spacial score (nSPS) is 17.5. The van der Waals surface area contributed by atoms with Crippen molar-refractivity contribution in [2.75, 3.05) is 6.54 Å². The van der Waals surface area contributed by atoms with Gasteiger partial charge in [0.1, 0.15) is 6.61 Å². The van der Waals surface area contributed by atoms with Gasteiger partial charge in [-0.15, -0.1) is 0 Å². The summed E-state index contributed by atoms with van der Waals surface area (Å²) in [5, 5.41) is 3.56. The zero-order chi connectivity index (χ0) is 22.6. The van der Waals surface area contributed by atoms with E-state index in [0.29, 0.717) is 21.2 Å². The molecule has 0 atom stereocenters. The quantitative estimate of drug-likeness (QED) is 0.587. The van der Waals surface area contributed by atoms with E-state index < -0.39 is 24.4 Å². The van der Waals surface area contributed by atoms with Crippen LogP contribution in [0.5, 0.6) is 0 Å². The van der Waals surface area contributed by atoms with Gasteiger partial charge in [-0.25, -0.2) is 4.79 Å². The topological polar surface area (TPSA) is 69.7 Å². The number of nitrogens with zero attached hydrogens (tertiary/aromatic N) is 1. The number of aromatic nitrogens is 1. The van der Waals surface area contributed by atoms with Crippen molar-refractivity contribution in [3.8, 4) is 0 Å². The van der Waals surface area contributed by atoms with Gasteiger partial charge in [0.25, 0.3) is 0 Å². The van der Waals surface area contributed by atoms with E-state index in [4.69, 9.17) is 37.2 Å². The Balaban J connectivity index is 1.74. The van der Waals surface area contributed by atoms with Gasteiger partial charge in [0.05, 0.1) is 26.9 Å². The van der Waals surface area contributed by atoms with Crippen LogP contribution < -0.4 is 5.32 Å². The summed E-state index contributed by atoms with van der Waals surface area (Å²) in [5.74, 6) is 0. The molecule has 1 fully saturated rings. The van der Waals surface area contributed by atoms with Crippen molar-refractivity contribution < 1.29 is 18.8 Å². The third-order valence-corrected chi connectivity index (χ3v) is 5.87. The Morgan fingerprint density at radius 1 is 1.16 bits per heavy atom. The molecule has 1 N–H and O–H groups in total. The third-order valence-electron chi connectivity index (χ3n) is 5.36. The Bertz CT molecular complexity index is 951. The Kier molecular flexibility index (Phi) is 7.32. The van der Waals surface area contributed by atoms with Gasteiger partial charge >= 0.3 is 13.2 Å². The van der Waals surface area contributed by atoms with Crippen molar-refractivity contribution in [3.05, 3.63) is 69.4 Å². The average Bonchev–Trinajstić information content (AvgIpc) is 2.93. The molecule has 6 nitrogen and oxygen atoms in total. The standard InChI is InChI=1S/C22H25BCl2N2O4/c1-21(2)22(3,4)31-23(30-21)16(10-19-18(25)11-17(24)13-26-19)12-27-20(28)29-14-15-8-6-5-7-9-15/h5-11,13H,12,14H2,1-4H3,(H,27,28). The van der Waals surface area contributed by atoms with Gasteiger partial charge in [-0.1, -0.05) is 53.5 Å². The second-order valence-electron chi connectivity index (χ2n) is 8.24. The zero-order valence-corrected chi connectivity index (χ0v) is 19.5. The lowest BCUT2D eigenvalue weighted by Crippen LogP contribution is -2.41. The highest BCUT2D eigenvalue weighted by Crippen LogP contribution is 2.39. The van der Waals surface area contributed by atoms with Crippen LogP contribution in [0.1, 0.15) is 39.0 Å². The lowest BCUT2D eigenvalue weighted by molar-refractivity contribution is 0.00578. The van der Waals surface area contributed by atoms with E-state index in [-0.39, 0.29) is 13.2 Å². The molecule has 0 aliphatic carbocycles. The van der Waals surface area contributed by atoms with E-state index in [0.717, 1.165) is 5.56 Å². The van der Waals surface area contributed by atoms with Crippen LogP contribution in [0.4, 0.5) is 4.79 Å². The van der Waals surface area contributed by atoms with Gasteiger partial charge in [0.2, 0.25) is 0 Å². The molecule has 1 aromatic heterocycles. The maximum Gasteiger partial charge on any atom is 0.492 e. The summed E-state index contributed by atoms with van der Waals surface area (Å²) in [6.45, 7) is 8.14. The van der Waals surface area contributed by atoms with Gasteiger partial charge in [0.15, 0.2) is 0 Å². The molecule has 3 rings (SSSR count). The molecule has 1 aliphatic rings. The molecular formula is C22H25BCl2N2O4. The first-order valence-corrected chi connectivity index (χ1v) is 10.6. The number of ether oxygens (including phenoxy) is 1. The lowest BCUT2D eigenvalue weighted by atomic mass is 9.77. The van der Waals surface area contributed by atoms with E-state index >= 15 is 0 Å². The van der Waals surface area contributed by atoms with Gasteiger partial charge in [0, 0.05) is 12.7 Å². The fourth-order valence-corrected chi connectivity index (χ4v) is 3.29. The SMILES string of the molecule is CC1(C)OB(C(=Cc2ncc(Cl)cc2Cl)CNC(=O)OCc2ccccc2)OC1(C)C. The number of carbonyl (C=O) groups is 1. The average molecular weight is 463 g/mol. The fourth-order valence-electron chi connectivity index (χ4n) is 2.85. The number of carbonyl (C=O) groups excluding carboxylic acids is 1. The smallest absolute Gasteiger partial charge is 0.445 e. The number of amides is 1. The summed E-state index contributed by atoms with van der Waals surface area (Å²) in [6.07, 6.45) is 2.68. The van der Waals surface area contributed by atoms with E-state index in [1.165, 1.54) is 6.20 Å². The molecule has 1 saturated heterocycles. The molecule has 1 aromatic carbocycles. The minimum atomic E-state index is -0.687. The van der Waals surface area contributed by atoms with Crippen LogP contribution in [0.3, 0.4) is 0 Å². The van der Waals surface area contributed by atoms with Crippen LogP contribution in [0.25, 0.3) is 6.08 Å². The molecule has 164 valence electrons. The maximum absolute atomic E-state index is 12.3. The second kappa shape index (κ2) is 9.61. The van der Waals surface area contributed by atoms with Gasteiger partial charge < -0.3 is 19.4 Å². The van der Waals surface area contributed by atoms with Crippen molar-refractivity contribution in [2.24, 2.45) is 0 Å². The summed E-state index contributed by atoms with van der Waals surface area (Å²) >= 11 is 12.2. The van der Waals surface area contributed by atoms with Crippen LogP contribution >= 0.6 is 23.2 Å². The number of halogens is 2. The summed E-state index contributed by atoms with van der Waals surface area (Å²) in [6, 6.07) is 11.1. The summed E-state index contributed by atoms with van der Waals surface area (Å²) in [5.41, 5.74) is 0.961. The number of rotatable bonds is 6. The predicted molar refractivity (Wildman–Crippen MR) is 123 cm³/mol. The van der Waals surface area contributed by atoms with Crippen LogP contribution in [-0.4, -0.2) is 35.9 Å². The van der Waals surface area contributed by atoms with E-state index in [2.05, 4.69) is 10.3 Å². The largest absolute Gasteiger partial charge is 0.492 e. The molecule has 1 amide bonds. The molecule has 1 aliphatic heterocycles. The summed E-state index contributed by atoms with van der Waals surface area (Å²) < 4.78 is 17.6. The first-order chi connectivity index (χ1) is 14.6. The third kappa shape index (κ3) is 6.01. The minimum Gasteiger partial charge on any atom is -0.445 e. The number of hydrogen-bond donors (Lipinski definition) is 1. The highest BCUT2D eigenvalue weighted by atomic mass is 35.5. The highest BCUT2D eigenvalue weighted by molar-refractivity contribution is 6.56. The van der Waals surface area contributed by atoms with Crippen LogP contribution in [0.15, 0.2) is 48.1 Å². The summed E-state index contributed by atoms with van der Waals surface area (Å²) in [7, 11) is -0.687. The molecule has 9 heteroatoms. The van der Waals surface area contributed by atoms with Crippen molar-refractivity contribution in [1.29, 1.82) is 0 Å². The maximum atomic E-state index is 12.3. The second-order valence-corrected chi connectivity index (χ2v) is 9.09. The van der Waals surface area contributed by atoms with E-state index in [1.807, 2.05) is 58.0 Å². The van der Waals surface area contributed by atoms with Crippen LogP contribution in [0, 0.1) is 0 Å². The Hall–Kier alpha value is -2.06. The van der Waals surface area contributed by atoms with Crippen molar-refractivity contribution >= 4 is 42.5 Å². The number of benzene rings is 1. The Morgan fingerprint density at radius 2 is 1.81 bits per heavy atom. The van der Waals surface area contributed by atoms with Crippen molar-refractivity contribution in [3.63, 3.8) is 0 Å². The Labute approximate surface area is 193 Å². The monoisotopic (exact) mass is 462 g/mol. The van der Waals surface area contributed by atoms with Crippen LogP contribution in [-0.2, 0) is 20.7 Å². The summed E-state index contributed by atoms with van der Waals surface area (Å²) in [4.78, 5) is 16.5. The molecular weight excluding hydrogens is 438 g/mol. The molecule has 2 heterocycles. The van der Waals surface area contributed by atoms with Crippen molar-refractivity contribution in [2.45, 2.75) is 45.5 Å². The molecule has 0 unspecified atom stereocenters. The molecule has 31 heavy (non-hydrogen) atoms. The zero-order valence-electron chi connectivity index (χ0n) is 17.9. The minimum absolute atomic E-state index is 0.130. The first-order valence-electron chi connectivity index (χ1n) is 9.89. The lowest BCUT2D eigenvalue weighted by Gasteiger charge is -2.32. The Morgan fingerprint density at radius 3 is 2.42 bits per heavy atom. The van der Waals surface area contributed by atoms with Gasteiger partial charge in [-0.3, -0.25) is 4.98 Å². The molecule has 0 saturated carbocycles. The van der Waals surface area contributed by atoms with E-state index in [9.17, 15) is 4.79 Å². The van der Waals surface area contributed by atoms with Crippen molar-refractivity contribution in [1.82, 2.24) is 10.3 Å². The number of hydrogen-bond acceptors (Lipinski definition) is 5. The molecule has 0 bridgehead atoms. The number of nitrogens with one attached hydrogen (secondary N) is 1. The van der Waals surface area contributed by atoms with Crippen LogP contribution in [0.2, 0.25) is 10.0 Å². The first kappa shape index (κ1) is 23.6. The molecule has 0 spiro atoms. The highest BCUT2D eigenvalue weighted by Gasteiger charge is 2.52. The molecule has 2 aromatic rings. The number of alkyl carbamates (subject to hydrolysis) is 1. The number of pyridine rings is 1. The molecule has 0 radical (unpaired) electrons. The van der Waals surface area contributed by atoms with Gasteiger partial charge in [-0.2, -0.15) is 0 Å².